The van der Waals surface area contributed by atoms with Crippen LogP contribution in [0.4, 0.5) is 0 Å². The maximum absolute atomic E-state index is 12.8. The zero-order valence-corrected chi connectivity index (χ0v) is 15.2. The molecule has 9 heteroatoms. The first-order valence-corrected chi connectivity index (χ1v) is 8.83. The second-order valence-corrected chi connectivity index (χ2v) is 7.43. The molecule has 3 N–H and O–H groups in total. The van der Waals surface area contributed by atoms with Crippen molar-refractivity contribution in [2.45, 2.75) is 32.1 Å². The molecule has 0 bridgehead atoms. The highest BCUT2D eigenvalue weighted by molar-refractivity contribution is 7.89. The molecule has 1 unspecified atom stereocenters. The lowest BCUT2D eigenvalue weighted by atomic mass is 10.1. The first kappa shape index (κ1) is 20.0. The fourth-order valence-corrected chi connectivity index (χ4v) is 4.80. The van der Waals surface area contributed by atoms with Gasteiger partial charge in [-0.2, -0.15) is 4.31 Å². The van der Waals surface area contributed by atoms with E-state index in [9.17, 15) is 13.2 Å². The van der Waals surface area contributed by atoms with Crippen LogP contribution >= 0.6 is 12.4 Å². The molecule has 23 heavy (non-hydrogen) atoms. The summed E-state index contributed by atoms with van der Waals surface area (Å²) in [5, 5.41) is 0. The molecule has 1 fully saturated rings. The van der Waals surface area contributed by atoms with E-state index in [-0.39, 0.29) is 35.5 Å². The number of H-pyrrole nitrogens is 1. The van der Waals surface area contributed by atoms with Gasteiger partial charge in [-0.15, -0.1) is 12.4 Å². The number of carbonyl (C=O) groups is 1. The Hall–Kier alpha value is -1.09. The number of nitrogens with zero attached hydrogens (tertiary/aromatic N) is 1. The molecule has 1 atom stereocenters. The summed E-state index contributed by atoms with van der Waals surface area (Å²) in [6, 6.07) is 0. The first-order chi connectivity index (χ1) is 10.3. The molecule has 1 aliphatic heterocycles. The lowest BCUT2D eigenvalue weighted by Gasteiger charge is -2.17. The van der Waals surface area contributed by atoms with Gasteiger partial charge in [0.2, 0.25) is 10.0 Å². The number of aryl methyl sites for hydroxylation is 1. The highest BCUT2D eigenvalue weighted by Crippen LogP contribution is 2.30. The van der Waals surface area contributed by atoms with Crippen LogP contribution in [0.2, 0.25) is 0 Å². The number of hydrogen-bond acceptors (Lipinski definition) is 5. The molecular formula is C14H24ClN3O4S. The molecule has 2 rings (SSSR count). The van der Waals surface area contributed by atoms with E-state index in [1.54, 1.807) is 20.8 Å². The van der Waals surface area contributed by atoms with Gasteiger partial charge in [-0.1, -0.05) is 0 Å². The molecule has 0 aliphatic carbocycles. The Morgan fingerprint density at radius 1 is 1.43 bits per heavy atom. The number of rotatable bonds is 5. The number of ether oxygens (including phenoxy) is 1. The third-order valence-corrected chi connectivity index (χ3v) is 6.17. The van der Waals surface area contributed by atoms with Crippen molar-refractivity contribution in [2.75, 3.05) is 26.2 Å². The molecular weight excluding hydrogens is 342 g/mol. The molecule has 0 spiro atoms. The van der Waals surface area contributed by atoms with Gasteiger partial charge in [-0.25, -0.2) is 13.2 Å². The Bertz CT molecular complexity index is 672. The second-order valence-electron chi connectivity index (χ2n) is 5.55. The van der Waals surface area contributed by atoms with E-state index in [0.29, 0.717) is 30.9 Å². The lowest BCUT2D eigenvalue weighted by molar-refractivity contribution is 0.0519. The maximum Gasteiger partial charge on any atom is 0.355 e. The van der Waals surface area contributed by atoms with Gasteiger partial charge in [-0.05, 0) is 39.7 Å². The number of carbonyl (C=O) groups excluding carboxylic acids is 1. The third-order valence-electron chi connectivity index (χ3n) is 4.03. The molecule has 7 nitrogen and oxygen atoms in total. The van der Waals surface area contributed by atoms with Gasteiger partial charge in [0.25, 0.3) is 0 Å². The average Bonchev–Trinajstić information content (AvgIpc) is 3.04. The molecule has 0 saturated carbocycles. The standard InChI is InChI=1S/C14H23N3O4S.ClH/c1-4-21-14(18)12-9(2)13(10(3)16-12)22(19,20)17-6-5-11(7-15)8-17;/h11,16H,4-8,15H2,1-3H3;1H. The normalized spacial score (nSPS) is 18.7. The van der Waals surface area contributed by atoms with Crippen molar-refractivity contribution >= 4 is 28.4 Å². The number of aromatic nitrogens is 1. The molecule has 1 saturated heterocycles. The monoisotopic (exact) mass is 365 g/mol. The molecule has 132 valence electrons. The van der Waals surface area contributed by atoms with Crippen LogP contribution < -0.4 is 5.73 Å². The Kier molecular flexibility index (Phi) is 6.64. The Balaban J connectivity index is 0.00000264. The van der Waals surface area contributed by atoms with Crippen LogP contribution in [0.25, 0.3) is 0 Å². The van der Waals surface area contributed by atoms with Crippen molar-refractivity contribution in [3.05, 3.63) is 17.0 Å². The predicted octanol–water partition coefficient (Wildman–Crippen LogP) is 1.20. The predicted molar refractivity (Wildman–Crippen MR) is 89.4 cm³/mol. The number of esters is 1. The van der Waals surface area contributed by atoms with Crippen LogP contribution in [0.15, 0.2) is 4.90 Å². The Labute approximate surface area is 143 Å². The molecule has 1 aromatic heterocycles. The van der Waals surface area contributed by atoms with E-state index in [0.717, 1.165) is 6.42 Å². The fraction of sp³-hybridized carbons (Fsp3) is 0.643. The largest absolute Gasteiger partial charge is 0.461 e. The summed E-state index contributed by atoms with van der Waals surface area (Å²) >= 11 is 0. The Morgan fingerprint density at radius 3 is 2.61 bits per heavy atom. The summed E-state index contributed by atoms with van der Waals surface area (Å²) in [5.74, 6) is -0.343. The number of nitrogens with two attached hydrogens (primary N) is 1. The van der Waals surface area contributed by atoms with Crippen molar-refractivity contribution in [3.63, 3.8) is 0 Å². The van der Waals surface area contributed by atoms with Gasteiger partial charge in [-0.3, -0.25) is 0 Å². The number of aromatic amines is 1. The molecule has 2 heterocycles. The average molecular weight is 366 g/mol. The smallest absolute Gasteiger partial charge is 0.355 e. The van der Waals surface area contributed by atoms with Crippen LogP contribution in [0, 0.1) is 19.8 Å². The third kappa shape index (κ3) is 3.71. The molecule has 0 radical (unpaired) electrons. The summed E-state index contributed by atoms with van der Waals surface area (Å²) in [5.41, 5.74) is 6.69. The Morgan fingerprint density at radius 2 is 2.09 bits per heavy atom. The van der Waals surface area contributed by atoms with E-state index in [2.05, 4.69) is 4.98 Å². The summed E-state index contributed by atoms with van der Waals surface area (Å²) in [4.78, 5) is 14.9. The number of hydrogen-bond donors (Lipinski definition) is 2. The number of sulfonamides is 1. The van der Waals surface area contributed by atoms with Crippen molar-refractivity contribution in [1.82, 2.24) is 9.29 Å². The topological polar surface area (TPSA) is 105 Å². The summed E-state index contributed by atoms with van der Waals surface area (Å²) in [6.45, 7) is 6.59. The van der Waals surface area contributed by atoms with Crippen molar-refractivity contribution < 1.29 is 17.9 Å². The minimum atomic E-state index is -3.63. The molecule has 0 aromatic carbocycles. The summed E-state index contributed by atoms with van der Waals surface area (Å²) < 4.78 is 32.1. The number of halogens is 1. The van der Waals surface area contributed by atoms with E-state index in [4.69, 9.17) is 10.5 Å². The van der Waals surface area contributed by atoms with Crippen LogP contribution in [-0.2, 0) is 14.8 Å². The second kappa shape index (κ2) is 7.65. The minimum Gasteiger partial charge on any atom is -0.461 e. The van der Waals surface area contributed by atoms with Crippen molar-refractivity contribution in [2.24, 2.45) is 11.7 Å². The zero-order valence-electron chi connectivity index (χ0n) is 13.6. The highest BCUT2D eigenvalue weighted by Gasteiger charge is 2.36. The van der Waals surface area contributed by atoms with Crippen molar-refractivity contribution in [3.8, 4) is 0 Å². The molecule has 1 aliphatic rings. The van der Waals surface area contributed by atoms with Crippen LogP contribution in [0.5, 0.6) is 0 Å². The van der Waals surface area contributed by atoms with Gasteiger partial charge in [0, 0.05) is 24.3 Å². The highest BCUT2D eigenvalue weighted by atomic mass is 35.5. The van der Waals surface area contributed by atoms with Gasteiger partial charge in [0.1, 0.15) is 10.6 Å². The zero-order chi connectivity index (χ0) is 16.5. The van der Waals surface area contributed by atoms with E-state index >= 15 is 0 Å². The minimum absolute atomic E-state index is 0. The molecule has 0 amide bonds. The van der Waals surface area contributed by atoms with Gasteiger partial charge in [0.05, 0.1) is 6.61 Å². The first-order valence-electron chi connectivity index (χ1n) is 7.39. The quantitative estimate of drug-likeness (QED) is 0.762. The van der Waals surface area contributed by atoms with Gasteiger partial charge < -0.3 is 15.5 Å². The van der Waals surface area contributed by atoms with E-state index in [1.165, 1.54) is 4.31 Å². The van der Waals surface area contributed by atoms with Crippen LogP contribution in [-0.4, -0.2) is 49.9 Å². The summed E-state index contributed by atoms with van der Waals surface area (Å²) in [6.07, 6.45) is 0.767. The van der Waals surface area contributed by atoms with Gasteiger partial charge in [0.15, 0.2) is 0 Å². The van der Waals surface area contributed by atoms with Crippen molar-refractivity contribution in [1.29, 1.82) is 0 Å². The molecule has 1 aromatic rings. The fourth-order valence-electron chi connectivity index (χ4n) is 2.86. The van der Waals surface area contributed by atoms with Gasteiger partial charge >= 0.3 is 5.97 Å². The van der Waals surface area contributed by atoms with E-state index < -0.39 is 16.0 Å². The van der Waals surface area contributed by atoms with Crippen LogP contribution in [0.3, 0.4) is 0 Å². The van der Waals surface area contributed by atoms with E-state index in [1.807, 2.05) is 0 Å². The van der Waals surface area contributed by atoms with Crippen LogP contribution in [0.1, 0.15) is 35.1 Å². The maximum atomic E-state index is 12.8. The summed E-state index contributed by atoms with van der Waals surface area (Å²) in [7, 11) is -3.63. The number of nitrogens with one attached hydrogen (secondary N) is 1. The lowest BCUT2D eigenvalue weighted by Crippen LogP contribution is -2.30. The SMILES string of the molecule is CCOC(=O)c1[nH]c(C)c(S(=O)(=O)N2CCC(CN)C2)c1C.Cl.